The van der Waals surface area contributed by atoms with Gasteiger partial charge >= 0.3 is 0 Å². The van der Waals surface area contributed by atoms with Gasteiger partial charge in [-0.15, -0.1) is 40.9 Å². The number of sulfonamides is 1. The maximum Gasteiger partial charge on any atom is 0.250 e. The molecule has 74 heavy (non-hydrogen) atoms. The van der Waals surface area contributed by atoms with Crippen LogP contribution in [0.1, 0.15) is 5.56 Å². The summed E-state index contributed by atoms with van der Waals surface area (Å²) in [5.74, 6) is 0.708. The number of halogens is 4. The van der Waals surface area contributed by atoms with Gasteiger partial charge in [0.15, 0.2) is 10.8 Å². The summed E-state index contributed by atoms with van der Waals surface area (Å²) >= 11 is 29.5. The van der Waals surface area contributed by atoms with Crippen LogP contribution in [0, 0.1) is 6.92 Å². The summed E-state index contributed by atoms with van der Waals surface area (Å²) in [5.41, 5.74) is 3.38. The van der Waals surface area contributed by atoms with E-state index in [-0.39, 0.29) is 48.0 Å². The summed E-state index contributed by atoms with van der Waals surface area (Å²) in [6.45, 7) is 1.75. The summed E-state index contributed by atoms with van der Waals surface area (Å²) in [4.78, 5) is 8.23. The van der Waals surface area contributed by atoms with E-state index in [1.165, 1.54) is 95.1 Å². The number of hydrogen-bond acceptors (Lipinski definition) is 25. The third-order valence-electron chi connectivity index (χ3n) is 8.77. The second kappa shape index (κ2) is 26.8. The zero-order valence-electron chi connectivity index (χ0n) is 38.1. The molecule has 9 aromatic rings. The van der Waals surface area contributed by atoms with E-state index in [1.54, 1.807) is 67.3 Å². The zero-order valence-corrected chi connectivity index (χ0v) is 46.0. The number of azo groups is 4. The predicted molar refractivity (Wildman–Crippen MR) is 291 cm³/mol. The molecule has 0 radical (unpaired) electrons. The molecule has 0 unspecified atom stereocenters. The van der Waals surface area contributed by atoms with Crippen LogP contribution in [0.5, 0.6) is 23.0 Å². The number of rotatable bonds is 11. The highest BCUT2D eigenvalue weighted by Gasteiger charge is 2.13. The number of thioether (sulfide) groups is 2. The first-order valence-electron chi connectivity index (χ1n) is 20.1. The minimum atomic E-state index is -3.81. The molecule has 0 atom stereocenters. The number of nitrogens with zero attached hydrogens (tertiary/aromatic N) is 15. The summed E-state index contributed by atoms with van der Waals surface area (Å²) in [6.07, 6.45) is 5.42. The molecular formula is C42H34Cl4N16O6S6. The number of phenolic OH excluding ortho intramolecular Hbond substituents is 4. The van der Waals surface area contributed by atoms with Gasteiger partial charge in [-0.25, -0.2) is 18.2 Å². The molecule has 32 heteroatoms. The topological polar surface area (TPSA) is 322 Å². The fourth-order valence-electron chi connectivity index (χ4n) is 5.14. The van der Waals surface area contributed by atoms with Gasteiger partial charge in [-0.1, -0.05) is 69.9 Å². The first kappa shape index (κ1) is 57.0. The maximum atomic E-state index is 11.4. The molecule has 9 rings (SSSR count). The Balaban J connectivity index is 0.000000162. The highest BCUT2D eigenvalue weighted by Crippen LogP contribution is 2.36. The van der Waals surface area contributed by atoms with Crippen LogP contribution < -0.4 is 5.14 Å². The molecular weight excluding hydrogens is 1160 g/mol. The van der Waals surface area contributed by atoms with Crippen LogP contribution in [-0.4, -0.2) is 74.2 Å². The molecule has 4 aromatic heterocycles. The number of nitrogens with two attached hydrogens (primary N) is 1. The molecule has 0 fully saturated rings. The lowest BCUT2D eigenvalue weighted by atomic mass is 10.2. The molecule has 0 saturated carbocycles. The average molecular weight is 1190 g/mol. The SMILES string of the molecule is CSc1nsc(N=Nc2cc(C)c(O)c(Cl)c2)n1.CSc1nsc(N=Nc2ccc(O)c(Cl)c2)n1.Cn1nccc1N=Nc1ccc(O)c(Cl)c1.NS(=O)(=O)c1ccc2nsc(N=Nc3ccc(O)c(Cl)c3)c2c1. The van der Waals surface area contributed by atoms with Gasteiger partial charge < -0.3 is 20.4 Å². The molecule has 0 amide bonds. The van der Waals surface area contributed by atoms with Crippen molar-refractivity contribution in [3.05, 3.63) is 123 Å². The van der Waals surface area contributed by atoms with Gasteiger partial charge in [-0.2, -0.15) is 28.2 Å². The predicted octanol–water partition coefficient (Wildman–Crippen LogP) is 15.3. The maximum absolute atomic E-state index is 11.4. The highest BCUT2D eigenvalue weighted by molar-refractivity contribution is 7.98. The Kier molecular flexibility index (Phi) is 20.6. The van der Waals surface area contributed by atoms with Crippen molar-refractivity contribution in [2.75, 3.05) is 12.5 Å². The van der Waals surface area contributed by atoms with Crippen LogP contribution in [0.15, 0.2) is 153 Å². The van der Waals surface area contributed by atoms with Crippen molar-refractivity contribution < 1.29 is 28.8 Å². The van der Waals surface area contributed by atoms with Gasteiger partial charge in [0.1, 0.15) is 23.0 Å². The Morgan fingerprint density at radius 3 is 1.51 bits per heavy atom. The fourth-order valence-corrected chi connectivity index (χ4v) is 9.25. The summed E-state index contributed by atoms with van der Waals surface area (Å²) in [5, 5.41) is 82.6. The lowest BCUT2D eigenvalue weighted by Crippen LogP contribution is -2.11. The molecule has 0 aliphatic carbocycles. The van der Waals surface area contributed by atoms with Crippen molar-refractivity contribution in [2.24, 2.45) is 53.1 Å². The second-order valence-corrected chi connectivity index (χ2v) is 20.9. The van der Waals surface area contributed by atoms with E-state index in [0.717, 1.165) is 11.5 Å². The Morgan fingerprint density at radius 2 is 1.07 bits per heavy atom. The van der Waals surface area contributed by atoms with Gasteiger partial charge in [0.05, 0.1) is 59.4 Å². The van der Waals surface area contributed by atoms with Gasteiger partial charge in [0, 0.05) is 41.6 Å². The smallest absolute Gasteiger partial charge is 0.250 e. The number of primary sulfonamides is 1. The number of aromatic hydroxyl groups is 4. The third-order valence-corrected chi connectivity index (χ3v) is 14.2. The Bertz CT molecular complexity index is 3630. The van der Waals surface area contributed by atoms with Crippen LogP contribution in [-0.2, 0) is 17.1 Å². The van der Waals surface area contributed by atoms with Crippen LogP contribution >= 0.6 is 105 Å². The van der Waals surface area contributed by atoms with Crippen molar-refractivity contribution >= 4 is 169 Å². The summed E-state index contributed by atoms with van der Waals surface area (Å²) in [6, 6.07) is 23.0. The number of fused-ring (bicyclic) bond motifs is 1. The molecule has 382 valence electrons. The molecule has 0 aliphatic rings. The van der Waals surface area contributed by atoms with Crippen LogP contribution in [0.25, 0.3) is 10.9 Å². The minimum absolute atomic E-state index is 0.0191. The first-order chi connectivity index (χ1) is 35.3. The molecule has 6 N–H and O–H groups in total. The number of hydrogen-bond donors (Lipinski definition) is 5. The molecule has 0 spiro atoms. The quantitative estimate of drug-likeness (QED) is 0.0594. The molecule has 4 heterocycles. The van der Waals surface area contributed by atoms with Crippen LogP contribution in [0.4, 0.5) is 43.8 Å². The number of aryl methyl sites for hydroxylation is 2. The van der Waals surface area contributed by atoms with Crippen molar-refractivity contribution in [1.29, 1.82) is 0 Å². The van der Waals surface area contributed by atoms with E-state index >= 15 is 0 Å². The largest absolute Gasteiger partial charge is 0.506 e. The van der Waals surface area contributed by atoms with Gasteiger partial charge in [-0.05, 0) is 121 Å². The van der Waals surface area contributed by atoms with E-state index in [2.05, 4.69) is 69.1 Å². The zero-order chi connectivity index (χ0) is 53.5. The summed E-state index contributed by atoms with van der Waals surface area (Å²) in [7, 11) is -2.03. The molecule has 22 nitrogen and oxygen atoms in total. The van der Waals surface area contributed by atoms with Gasteiger partial charge in [0.2, 0.25) is 30.6 Å². The Hall–Kier alpha value is -6.31. The van der Waals surface area contributed by atoms with Crippen molar-refractivity contribution in [1.82, 2.24) is 32.9 Å². The van der Waals surface area contributed by atoms with Crippen molar-refractivity contribution in [2.45, 2.75) is 22.1 Å². The number of benzene rings is 5. The van der Waals surface area contributed by atoms with Crippen LogP contribution in [0.3, 0.4) is 0 Å². The third kappa shape index (κ3) is 16.6. The van der Waals surface area contributed by atoms with Crippen molar-refractivity contribution in [3.8, 4) is 23.0 Å². The summed E-state index contributed by atoms with van der Waals surface area (Å²) < 4.78 is 36.8. The monoisotopic (exact) mass is 1190 g/mol. The fraction of sp³-hybridized carbons (Fsp3) is 0.0952. The molecule has 0 bridgehead atoms. The lowest BCUT2D eigenvalue weighted by Gasteiger charge is -2.01. The van der Waals surface area contributed by atoms with E-state index < -0.39 is 10.0 Å². The van der Waals surface area contributed by atoms with E-state index in [9.17, 15) is 28.8 Å². The molecule has 5 aromatic carbocycles. The number of phenols is 4. The second-order valence-electron chi connectivity index (χ2n) is 14.0. The van der Waals surface area contributed by atoms with E-state index in [1.807, 2.05) is 12.5 Å². The van der Waals surface area contributed by atoms with Gasteiger partial charge in [0.25, 0.3) is 0 Å². The van der Waals surface area contributed by atoms with E-state index in [0.29, 0.717) is 70.6 Å². The normalized spacial score (nSPS) is 11.5. The van der Waals surface area contributed by atoms with E-state index in [4.69, 9.17) is 51.5 Å². The highest BCUT2D eigenvalue weighted by atomic mass is 35.5. The lowest BCUT2D eigenvalue weighted by molar-refractivity contribution is 0.471. The van der Waals surface area contributed by atoms with Crippen molar-refractivity contribution in [3.63, 3.8) is 0 Å². The van der Waals surface area contributed by atoms with Crippen LogP contribution in [0.2, 0.25) is 20.1 Å². The Labute approximate surface area is 461 Å². The van der Waals surface area contributed by atoms with Gasteiger partial charge in [-0.3, -0.25) is 0 Å². The molecule has 0 aliphatic heterocycles. The number of aromatic nitrogens is 7. The standard InChI is InChI=1S/C13H9ClN4O3S2.C10H9ClN4OS2.C10H9ClN4O.C9H7ClN4OS2/c14-10-5-7(1-4-12(10)19)16-17-13-9-6-8(23(15,20)21)2-3-11(9)18-22-13;1-5-3-6(4-7(11)8(5)16)13-14-9-12-10(17-2)15-18-9;1-15-10(4-5-12-15)14-13-7-2-3-9(16)8(11)6-7;1-16-9-11-8(17-14-9)13-12-5-2-3-7(15)6(10)4-5/h1-6,19H,(H2,15,20,21);3-4,16H,1-2H3;2-6,16H,1H3;2-4,15H,1H3. The molecule has 0 saturated heterocycles. The first-order valence-corrected chi connectivity index (χ1v) is 27.9. The average Bonchev–Trinajstić information content (AvgIpc) is 4.22. The Morgan fingerprint density at radius 1 is 0.581 bits per heavy atom. The minimum Gasteiger partial charge on any atom is -0.506 e.